The molecule has 3 heteroatoms. The quantitative estimate of drug-likeness (QED) is 0.603. The maximum absolute atomic E-state index is 2.76. The minimum Gasteiger partial charge on any atom is -0.317 e. The van der Waals surface area contributed by atoms with E-state index >= 15 is 0 Å². The number of nitrogens with zero attached hydrogens (tertiary/aromatic N) is 2. The standard InChI is InChI=1S/C13H32N2Si/c1-8-11-12-16(13(4)5,14(6)7)15(9-2)10-3/h13H,8-12H2,1-7H3. The van der Waals surface area contributed by atoms with Crippen molar-refractivity contribution in [2.24, 2.45) is 0 Å². The fourth-order valence-corrected chi connectivity index (χ4v) is 8.68. The fraction of sp³-hybridized carbons (Fsp3) is 1.00. The Balaban J connectivity index is 5.06. The summed E-state index contributed by atoms with van der Waals surface area (Å²) < 4.78 is 5.33. The van der Waals surface area contributed by atoms with Gasteiger partial charge in [-0.15, -0.1) is 0 Å². The Bertz CT molecular complexity index is 169. The summed E-state index contributed by atoms with van der Waals surface area (Å²) in [5, 5.41) is 0. The van der Waals surface area contributed by atoms with Crippen LogP contribution in [0.4, 0.5) is 0 Å². The van der Waals surface area contributed by atoms with Crippen molar-refractivity contribution in [1.29, 1.82) is 0 Å². The molecule has 1 atom stereocenters. The monoisotopic (exact) mass is 244 g/mol. The largest absolute Gasteiger partial charge is 0.317 e. The summed E-state index contributed by atoms with van der Waals surface area (Å²) in [5.41, 5.74) is 0.800. The third kappa shape index (κ3) is 3.31. The van der Waals surface area contributed by atoms with Crippen LogP contribution in [0, 0.1) is 0 Å². The van der Waals surface area contributed by atoms with Crippen molar-refractivity contribution in [3.63, 3.8) is 0 Å². The first kappa shape index (κ1) is 16.1. The molecule has 0 fully saturated rings. The van der Waals surface area contributed by atoms with Crippen LogP contribution in [0.1, 0.15) is 47.5 Å². The Labute approximate surface area is 104 Å². The van der Waals surface area contributed by atoms with Crippen LogP contribution < -0.4 is 0 Å². The maximum atomic E-state index is 2.76. The summed E-state index contributed by atoms with van der Waals surface area (Å²) in [6, 6.07) is 1.41. The molecular formula is C13H32N2Si. The summed E-state index contributed by atoms with van der Waals surface area (Å²) in [4.78, 5) is 0. The predicted molar refractivity (Wildman–Crippen MR) is 77.2 cm³/mol. The van der Waals surface area contributed by atoms with Gasteiger partial charge >= 0.3 is 0 Å². The van der Waals surface area contributed by atoms with Crippen molar-refractivity contribution >= 4 is 8.40 Å². The molecule has 0 aromatic rings. The van der Waals surface area contributed by atoms with Gasteiger partial charge in [0.05, 0.1) is 0 Å². The van der Waals surface area contributed by atoms with Crippen molar-refractivity contribution in [3.05, 3.63) is 0 Å². The van der Waals surface area contributed by atoms with Gasteiger partial charge in [-0.05, 0) is 38.8 Å². The summed E-state index contributed by atoms with van der Waals surface area (Å²) in [5.74, 6) is 0. The molecule has 0 rings (SSSR count). The second-order valence-electron chi connectivity index (χ2n) is 5.20. The van der Waals surface area contributed by atoms with E-state index in [-0.39, 0.29) is 0 Å². The first-order chi connectivity index (χ1) is 7.47. The van der Waals surface area contributed by atoms with Gasteiger partial charge < -0.3 is 9.13 Å². The molecule has 0 bridgehead atoms. The molecule has 0 aromatic heterocycles. The number of rotatable bonds is 8. The van der Waals surface area contributed by atoms with Crippen LogP contribution in [0.2, 0.25) is 11.6 Å². The third-order valence-corrected chi connectivity index (χ3v) is 10.1. The van der Waals surface area contributed by atoms with Gasteiger partial charge in [-0.2, -0.15) is 0 Å². The lowest BCUT2D eigenvalue weighted by atomic mass is 10.4. The van der Waals surface area contributed by atoms with Crippen LogP contribution in [0.3, 0.4) is 0 Å². The molecule has 0 heterocycles. The highest BCUT2D eigenvalue weighted by molar-refractivity contribution is 6.75. The fourth-order valence-electron chi connectivity index (χ4n) is 3.04. The molecule has 0 aliphatic rings. The highest BCUT2D eigenvalue weighted by atomic mass is 28.3. The molecule has 0 saturated carbocycles. The molecule has 16 heavy (non-hydrogen) atoms. The number of hydrogen-bond donors (Lipinski definition) is 0. The summed E-state index contributed by atoms with van der Waals surface area (Å²) in [6.45, 7) is 14.1. The van der Waals surface area contributed by atoms with Crippen LogP contribution in [0.15, 0.2) is 0 Å². The summed E-state index contributed by atoms with van der Waals surface area (Å²) in [6.07, 6.45) is 2.69. The molecule has 2 nitrogen and oxygen atoms in total. The zero-order chi connectivity index (χ0) is 12.8. The van der Waals surface area contributed by atoms with Crippen molar-refractivity contribution in [2.75, 3.05) is 27.2 Å². The molecule has 0 radical (unpaired) electrons. The summed E-state index contributed by atoms with van der Waals surface area (Å²) >= 11 is 0. The molecule has 0 spiro atoms. The zero-order valence-corrected chi connectivity index (χ0v) is 13.5. The van der Waals surface area contributed by atoms with Gasteiger partial charge in [-0.3, -0.25) is 0 Å². The molecule has 98 valence electrons. The second-order valence-corrected chi connectivity index (χ2v) is 10.1. The van der Waals surface area contributed by atoms with E-state index in [9.17, 15) is 0 Å². The Hall–Kier alpha value is 0.137. The second kappa shape index (κ2) is 7.46. The van der Waals surface area contributed by atoms with E-state index < -0.39 is 8.40 Å². The first-order valence-electron chi connectivity index (χ1n) is 6.89. The van der Waals surface area contributed by atoms with E-state index in [2.05, 4.69) is 57.8 Å². The SMILES string of the molecule is CCCC[Si](C(C)C)(N(C)C)N(CC)CC. The maximum Gasteiger partial charge on any atom is 0.208 e. The van der Waals surface area contributed by atoms with E-state index in [4.69, 9.17) is 0 Å². The molecule has 0 aromatic carbocycles. The molecule has 1 unspecified atom stereocenters. The molecule has 0 saturated heterocycles. The topological polar surface area (TPSA) is 6.48 Å². The Morgan fingerprint density at radius 1 is 1.00 bits per heavy atom. The Morgan fingerprint density at radius 3 is 1.75 bits per heavy atom. The average molecular weight is 244 g/mol. The lowest BCUT2D eigenvalue weighted by molar-refractivity contribution is 0.379. The van der Waals surface area contributed by atoms with Crippen LogP contribution in [0.5, 0.6) is 0 Å². The van der Waals surface area contributed by atoms with Crippen LogP contribution in [0.25, 0.3) is 0 Å². The van der Waals surface area contributed by atoms with Gasteiger partial charge in [0.2, 0.25) is 8.40 Å². The van der Waals surface area contributed by atoms with Gasteiger partial charge in [0, 0.05) is 0 Å². The minimum atomic E-state index is -1.43. The molecule has 0 aliphatic heterocycles. The number of hydrogen-bond acceptors (Lipinski definition) is 2. The normalized spacial score (nSPS) is 16.1. The molecule has 0 N–H and O–H groups in total. The Kier molecular flexibility index (Phi) is 7.52. The highest BCUT2D eigenvalue weighted by Crippen LogP contribution is 2.32. The first-order valence-corrected chi connectivity index (χ1v) is 9.07. The summed E-state index contributed by atoms with van der Waals surface area (Å²) in [7, 11) is 3.15. The minimum absolute atomic E-state index is 0.800. The van der Waals surface area contributed by atoms with Gasteiger partial charge in [0.1, 0.15) is 0 Å². The smallest absolute Gasteiger partial charge is 0.208 e. The van der Waals surface area contributed by atoms with Crippen molar-refractivity contribution in [3.8, 4) is 0 Å². The predicted octanol–water partition coefficient (Wildman–Crippen LogP) is 3.54. The average Bonchev–Trinajstić information content (AvgIpc) is 2.23. The van der Waals surface area contributed by atoms with Crippen molar-refractivity contribution in [1.82, 2.24) is 9.13 Å². The van der Waals surface area contributed by atoms with Gasteiger partial charge in [-0.25, -0.2) is 0 Å². The lowest BCUT2D eigenvalue weighted by Crippen LogP contribution is -2.65. The van der Waals surface area contributed by atoms with E-state index in [1.807, 2.05) is 0 Å². The van der Waals surface area contributed by atoms with Crippen molar-refractivity contribution in [2.45, 2.75) is 59.0 Å². The number of unbranched alkanes of at least 4 members (excludes halogenated alkanes) is 1. The van der Waals surface area contributed by atoms with Crippen LogP contribution in [-0.4, -0.2) is 44.7 Å². The van der Waals surface area contributed by atoms with Gasteiger partial charge in [0.25, 0.3) is 0 Å². The zero-order valence-electron chi connectivity index (χ0n) is 12.5. The van der Waals surface area contributed by atoms with Crippen LogP contribution >= 0.6 is 0 Å². The third-order valence-electron chi connectivity index (χ3n) is 3.91. The Morgan fingerprint density at radius 2 is 1.50 bits per heavy atom. The lowest BCUT2D eigenvalue weighted by Gasteiger charge is -2.48. The van der Waals surface area contributed by atoms with E-state index in [1.165, 1.54) is 32.0 Å². The van der Waals surface area contributed by atoms with Crippen LogP contribution in [-0.2, 0) is 0 Å². The van der Waals surface area contributed by atoms with E-state index in [1.54, 1.807) is 0 Å². The van der Waals surface area contributed by atoms with Crippen molar-refractivity contribution < 1.29 is 0 Å². The van der Waals surface area contributed by atoms with Gasteiger partial charge in [-0.1, -0.05) is 47.5 Å². The molecule has 0 aliphatic carbocycles. The molecule has 0 amide bonds. The van der Waals surface area contributed by atoms with E-state index in [0.717, 1.165) is 5.54 Å². The van der Waals surface area contributed by atoms with E-state index in [0.29, 0.717) is 0 Å². The highest BCUT2D eigenvalue weighted by Gasteiger charge is 2.43. The molecular weight excluding hydrogens is 212 g/mol. The van der Waals surface area contributed by atoms with Gasteiger partial charge in [0.15, 0.2) is 0 Å².